The Bertz CT molecular complexity index is 689. The van der Waals surface area contributed by atoms with Crippen LogP contribution in [0.25, 0.3) is 0 Å². The van der Waals surface area contributed by atoms with Crippen LogP contribution in [0.15, 0.2) is 12.1 Å². The van der Waals surface area contributed by atoms with Crippen LogP contribution >= 0.6 is 0 Å². The minimum absolute atomic E-state index is 0.0399. The topological polar surface area (TPSA) is 122 Å². The van der Waals surface area contributed by atoms with Crippen molar-refractivity contribution in [3.8, 4) is 0 Å². The van der Waals surface area contributed by atoms with Crippen molar-refractivity contribution in [2.45, 2.75) is 12.5 Å². The van der Waals surface area contributed by atoms with Crippen LogP contribution in [0.2, 0.25) is 0 Å². The Labute approximate surface area is 145 Å². The molecule has 0 unspecified atom stereocenters. The van der Waals surface area contributed by atoms with Crippen molar-refractivity contribution in [2.75, 3.05) is 56.1 Å². The summed E-state index contributed by atoms with van der Waals surface area (Å²) in [5.74, 6) is 0. The standard InChI is InChI=1S/C15H22N6O4/c1-17-4-6-18(7-5-17)12-8-13(19-3-2-11(16)10-19)15(21(24)25)9-14(12)20(22)23/h8-9,11H,2-7,10,16H2,1H3/t11-/m0/s1. The third-order valence-corrected chi connectivity index (χ3v) is 4.87. The van der Waals surface area contributed by atoms with Crippen LogP contribution in [0, 0.1) is 20.2 Å². The van der Waals surface area contributed by atoms with Gasteiger partial charge in [0.1, 0.15) is 11.4 Å². The summed E-state index contributed by atoms with van der Waals surface area (Å²) in [6.45, 7) is 4.00. The number of nitrogens with two attached hydrogens (primary N) is 1. The quantitative estimate of drug-likeness (QED) is 0.625. The lowest BCUT2D eigenvalue weighted by atomic mass is 10.1. The molecule has 2 aliphatic rings. The highest BCUT2D eigenvalue weighted by molar-refractivity contribution is 5.78. The summed E-state index contributed by atoms with van der Waals surface area (Å²) in [7, 11) is 2.00. The fraction of sp³-hybridized carbons (Fsp3) is 0.600. The zero-order valence-electron chi connectivity index (χ0n) is 14.1. The number of benzene rings is 1. The Morgan fingerprint density at radius 2 is 1.52 bits per heavy atom. The molecule has 0 radical (unpaired) electrons. The van der Waals surface area contributed by atoms with E-state index in [0.29, 0.717) is 37.6 Å². The SMILES string of the molecule is CN1CCN(c2cc(N3CC[C@H](N)C3)c([N+](=O)[O-])cc2[N+](=O)[O-])CC1. The monoisotopic (exact) mass is 350 g/mol. The Balaban J connectivity index is 2.06. The number of nitro groups is 2. The number of nitrogens with zero attached hydrogens (tertiary/aromatic N) is 5. The molecule has 2 heterocycles. The van der Waals surface area contributed by atoms with Crippen LogP contribution in [0.1, 0.15) is 6.42 Å². The molecular formula is C15H22N6O4. The fourth-order valence-corrected chi connectivity index (χ4v) is 3.41. The van der Waals surface area contributed by atoms with Gasteiger partial charge < -0.3 is 20.4 Å². The lowest BCUT2D eigenvalue weighted by molar-refractivity contribution is -0.393. The lowest BCUT2D eigenvalue weighted by Crippen LogP contribution is -2.44. The molecule has 0 spiro atoms. The van der Waals surface area contributed by atoms with Crippen LogP contribution in [-0.2, 0) is 0 Å². The average molecular weight is 350 g/mol. The fourth-order valence-electron chi connectivity index (χ4n) is 3.41. The third kappa shape index (κ3) is 3.49. The van der Waals surface area contributed by atoms with Gasteiger partial charge in [-0.25, -0.2) is 0 Å². The van der Waals surface area contributed by atoms with Crippen LogP contribution < -0.4 is 15.5 Å². The van der Waals surface area contributed by atoms with E-state index < -0.39 is 9.85 Å². The molecule has 2 aliphatic heterocycles. The van der Waals surface area contributed by atoms with E-state index in [1.807, 2.05) is 16.8 Å². The molecular weight excluding hydrogens is 328 g/mol. The summed E-state index contributed by atoms with van der Waals surface area (Å²) in [5, 5.41) is 23.0. The van der Waals surface area contributed by atoms with Crippen molar-refractivity contribution in [2.24, 2.45) is 5.73 Å². The first-order valence-corrected chi connectivity index (χ1v) is 8.27. The largest absolute Gasteiger partial charge is 0.364 e. The van der Waals surface area contributed by atoms with Crippen molar-refractivity contribution in [1.82, 2.24) is 4.90 Å². The summed E-state index contributed by atoms with van der Waals surface area (Å²) in [6, 6.07) is 2.65. The zero-order chi connectivity index (χ0) is 18.1. The van der Waals surface area contributed by atoms with Crippen LogP contribution in [0.5, 0.6) is 0 Å². The van der Waals surface area contributed by atoms with Gasteiger partial charge in [-0.15, -0.1) is 0 Å². The molecule has 2 saturated heterocycles. The maximum atomic E-state index is 11.5. The maximum absolute atomic E-state index is 11.5. The highest BCUT2D eigenvalue weighted by Gasteiger charge is 2.32. The number of rotatable bonds is 4. The molecule has 2 N–H and O–H groups in total. The highest BCUT2D eigenvalue weighted by Crippen LogP contribution is 2.41. The van der Waals surface area contributed by atoms with Gasteiger partial charge in [0.2, 0.25) is 0 Å². The first-order valence-electron chi connectivity index (χ1n) is 8.27. The molecule has 1 aromatic rings. The highest BCUT2D eigenvalue weighted by atomic mass is 16.6. The summed E-state index contributed by atoms with van der Waals surface area (Å²) in [4.78, 5) is 27.8. The number of piperazine rings is 1. The number of nitro benzene ring substituents is 2. The van der Waals surface area contributed by atoms with Crippen molar-refractivity contribution in [1.29, 1.82) is 0 Å². The molecule has 2 fully saturated rings. The number of likely N-dealkylation sites (N-methyl/N-ethyl adjacent to an activating group) is 1. The third-order valence-electron chi connectivity index (χ3n) is 4.87. The number of anilines is 2. The molecule has 0 saturated carbocycles. The summed E-state index contributed by atoms with van der Waals surface area (Å²) in [6.07, 6.45) is 0.748. The van der Waals surface area contributed by atoms with Gasteiger partial charge in [-0.2, -0.15) is 0 Å². The molecule has 0 bridgehead atoms. The Morgan fingerprint density at radius 1 is 0.960 bits per heavy atom. The van der Waals surface area contributed by atoms with E-state index in [0.717, 1.165) is 25.6 Å². The van der Waals surface area contributed by atoms with Crippen LogP contribution in [-0.4, -0.2) is 67.1 Å². The zero-order valence-corrected chi connectivity index (χ0v) is 14.1. The minimum atomic E-state index is -0.556. The maximum Gasteiger partial charge on any atom is 0.299 e. The van der Waals surface area contributed by atoms with E-state index in [1.54, 1.807) is 6.07 Å². The van der Waals surface area contributed by atoms with Gasteiger partial charge in [-0.1, -0.05) is 0 Å². The van der Waals surface area contributed by atoms with E-state index in [4.69, 9.17) is 5.73 Å². The minimum Gasteiger partial charge on any atom is -0.364 e. The smallest absolute Gasteiger partial charge is 0.299 e. The van der Waals surface area contributed by atoms with Gasteiger partial charge in [-0.3, -0.25) is 20.2 Å². The molecule has 1 aromatic carbocycles. The van der Waals surface area contributed by atoms with Crippen molar-refractivity contribution in [3.63, 3.8) is 0 Å². The second-order valence-corrected chi connectivity index (χ2v) is 6.63. The van der Waals surface area contributed by atoms with Gasteiger partial charge in [0.25, 0.3) is 11.4 Å². The Kier molecular flexibility index (Phi) is 4.73. The predicted octanol–water partition coefficient (Wildman–Crippen LogP) is 0.792. The van der Waals surface area contributed by atoms with E-state index in [1.165, 1.54) is 0 Å². The molecule has 10 nitrogen and oxygen atoms in total. The summed E-state index contributed by atoms with van der Waals surface area (Å²) < 4.78 is 0. The number of hydrogen-bond acceptors (Lipinski definition) is 8. The number of hydrogen-bond donors (Lipinski definition) is 1. The van der Waals surface area contributed by atoms with Gasteiger partial charge in [-0.05, 0) is 19.5 Å². The van der Waals surface area contributed by atoms with Gasteiger partial charge in [0.05, 0.1) is 15.9 Å². The van der Waals surface area contributed by atoms with E-state index in [9.17, 15) is 20.2 Å². The molecule has 136 valence electrons. The van der Waals surface area contributed by atoms with E-state index in [2.05, 4.69) is 4.90 Å². The van der Waals surface area contributed by atoms with Crippen molar-refractivity contribution < 1.29 is 9.85 Å². The second kappa shape index (κ2) is 6.81. The van der Waals surface area contributed by atoms with Gasteiger partial charge in [0.15, 0.2) is 0 Å². The molecule has 0 amide bonds. The van der Waals surface area contributed by atoms with Crippen molar-refractivity contribution in [3.05, 3.63) is 32.4 Å². The molecule has 10 heteroatoms. The van der Waals surface area contributed by atoms with E-state index in [-0.39, 0.29) is 17.4 Å². The Morgan fingerprint density at radius 3 is 2.00 bits per heavy atom. The average Bonchev–Trinajstić information content (AvgIpc) is 3.00. The first kappa shape index (κ1) is 17.4. The predicted molar refractivity (Wildman–Crippen MR) is 94.3 cm³/mol. The molecule has 1 atom stereocenters. The van der Waals surface area contributed by atoms with Gasteiger partial charge in [0, 0.05) is 45.3 Å². The summed E-state index contributed by atoms with van der Waals surface area (Å²) in [5.41, 5.74) is 6.33. The molecule has 25 heavy (non-hydrogen) atoms. The molecule has 3 rings (SSSR count). The first-order chi connectivity index (χ1) is 11.9. The normalized spacial score (nSPS) is 21.6. The van der Waals surface area contributed by atoms with E-state index >= 15 is 0 Å². The van der Waals surface area contributed by atoms with Crippen molar-refractivity contribution >= 4 is 22.7 Å². The summed E-state index contributed by atoms with van der Waals surface area (Å²) >= 11 is 0. The second-order valence-electron chi connectivity index (χ2n) is 6.63. The lowest BCUT2D eigenvalue weighted by Gasteiger charge is -2.34. The molecule has 0 aromatic heterocycles. The van der Waals surface area contributed by atoms with Crippen LogP contribution in [0.3, 0.4) is 0 Å². The van der Waals surface area contributed by atoms with Gasteiger partial charge >= 0.3 is 0 Å². The van der Waals surface area contributed by atoms with Crippen LogP contribution in [0.4, 0.5) is 22.7 Å². The molecule has 0 aliphatic carbocycles. The Hall–Kier alpha value is -2.46.